The summed E-state index contributed by atoms with van der Waals surface area (Å²) in [6, 6.07) is 0.631. The summed E-state index contributed by atoms with van der Waals surface area (Å²) in [6.45, 7) is 6.94. The van der Waals surface area contributed by atoms with Crippen LogP contribution in [-0.4, -0.2) is 50.3 Å². The Labute approximate surface area is 74.1 Å². The number of hydrogen-bond acceptors (Lipinski definition) is 3. The van der Waals surface area contributed by atoms with Crippen molar-refractivity contribution in [2.24, 2.45) is 5.92 Å². The second-order valence-corrected chi connectivity index (χ2v) is 4.06. The molecule has 70 valence electrons. The minimum atomic E-state index is 0.414. The number of nitrogens with zero attached hydrogens (tertiary/aromatic N) is 1. The standard InChI is InChI=1S/C9H18N2O/c1-7-5-11(6-7)8-3-10-4-9(8)12-2/h7-10H,3-6H2,1-2H3/t8?,9-/m0/s1. The van der Waals surface area contributed by atoms with Crippen LogP contribution in [0.2, 0.25) is 0 Å². The first kappa shape index (κ1) is 8.48. The largest absolute Gasteiger partial charge is 0.378 e. The summed E-state index contributed by atoms with van der Waals surface area (Å²) in [5.41, 5.74) is 0. The summed E-state index contributed by atoms with van der Waals surface area (Å²) >= 11 is 0. The highest BCUT2D eigenvalue weighted by Gasteiger charge is 2.37. The molecule has 0 bridgehead atoms. The van der Waals surface area contributed by atoms with Crippen LogP contribution >= 0.6 is 0 Å². The number of hydrogen-bond donors (Lipinski definition) is 1. The van der Waals surface area contributed by atoms with E-state index in [-0.39, 0.29) is 0 Å². The Bertz CT molecular complexity index is 157. The van der Waals surface area contributed by atoms with E-state index in [4.69, 9.17) is 4.74 Å². The topological polar surface area (TPSA) is 24.5 Å². The maximum absolute atomic E-state index is 5.41. The number of likely N-dealkylation sites (tertiary alicyclic amines) is 1. The van der Waals surface area contributed by atoms with Gasteiger partial charge in [-0.1, -0.05) is 6.92 Å². The molecule has 0 amide bonds. The number of methoxy groups -OCH3 is 1. The molecule has 2 atom stereocenters. The lowest BCUT2D eigenvalue weighted by Gasteiger charge is -2.43. The highest BCUT2D eigenvalue weighted by atomic mass is 16.5. The second-order valence-electron chi connectivity index (χ2n) is 4.06. The minimum absolute atomic E-state index is 0.414. The first-order chi connectivity index (χ1) is 5.81. The Kier molecular flexibility index (Phi) is 2.35. The van der Waals surface area contributed by atoms with E-state index in [1.807, 2.05) is 7.11 Å². The van der Waals surface area contributed by atoms with Gasteiger partial charge in [0.15, 0.2) is 0 Å². The van der Waals surface area contributed by atoms with Gasteiger partial charge in [0.2, 0.25) is 0 Å². The van der Waals surface area contributed by atoms with Crippen molar-refractivity contribution in [3.63, 3.8) is 0 Å². The monoisotopic (exact) mass is 170 g/mol. The highest BCUT2D eigenvalue weighted by molar-refractivity contribution is 4.94. The molecule has 2 heterocycles. The van der Waals surface area contributed by atoms with Gasteiger partial charge in [0.25, 0.3) is 0 Å². The van der Waals surface area contributed by atoms with E-state index in [1.54, 1.807) is 0 Å². The molecule has 0 saturated carbocycles. The number of ether oxygens (including phenoxy) is 1. The molecular formula is C9H18N2O. The fourth-order valence-corrected chi connectivity index (χ4v) is 2.26. The van der Waals surface area contributed by atoms with E-state index in [9.17, 15) is 0 Å². The smallest absolute Gasteiger partial charge is 0.0862 e. The average Bonchev–Trinajstić information content (AvgIpc) is 2.45. The predicted octanol–water partition coefficient (Wildman–Crippen LogP) is -0.0751. The summed E-state index contributed by atoms with van der Waals surface area (Å²) in [4.78, 5) is 2.53. The van der Waals surface area contributed by atoms with Crippen molar-refractivity contribution in [1.29, 1.82) is 0 Å². The van der Waals surface area contributed by atoms with Crippen molar-refractivity contribution in [3.05, 3.63) is 0 Å². The van der Waals surface area contributed by atoms with Gasteiger partial charge in [-0.3, -0.25) is 4.90 Å². The van der Waals surface area contributed by atoms with Gasteiger partial charge in [-0.15, -0.1) is 0 Å². The van der Waals surface area contributed by atoms with Crippen molar-refractivity contribution in [3.8, 4) is 0 Å². The molecule has 1 N–H and O–H groups in total. The molecule has 0 aliphatic carbocycles. The Hall–Kier alpha value is -0.120. The Morgan fingerprint density at radius 3 is 2.67 bits per heavy atom. The summed E-state index contributed by atoms with van der Waals surface area (Å²) < 4.78 is 5.41. The van der Waals surface area contributed by atoms with Crippen LogP contribution < -0.4 is 5.32 Å². The predicted molar refractivity (Wildman–Crippen MR) is 48.2 cm³/mol. The zero-order valence-corrected chi connectivity index (χ0v) is 7.92. The molecule has 12 heavy (non-hydrogen) atoms. The SMILES string of the molecule is CO[C@H]1CNCC1N1CC(C)C1. The van der Waals surface area contributed by atoms with Gasteiger partial charge < -0.3 is 10.1 Å². The molecule has 0 aromatic heterocycles. The molecule has 3 heteroatoms. The van der Waals surface area contributed by atoms with Gasteiger partial charge in [-0.25, -0.2) is 0 Å². The molecular weight excluding hydrogens is 152 g/mol. The zero-order chi connectivity index (χ0) is 8.55. The third-order valence-electron chi connectivity index (χ3n) is 2.99. The van der Waals surface area contributed by atoms with Crippen LogP contribution in [0.15, 0.2) is 0 Å². The van der Waals surface area contributed by atoms with Crippen molar-refractivity contribution < 1.29 is 4.74 Å². The van der Waals surface area contributed by atoms with Crippen molar-refractivity contribution >= 4 is 0 Å². The quantitative estimate of drug-likeness (QED) is 0.627. The lowest BCUT2D eigenvalue weighted by molar-refractivity contribution is -0.00619. The fraction of sp³-hybridized carbons (Fsp3) is 1.00. The lowest BCUT2D eigenvalue weighted by Crippen LogP contribution is -2.55. The molecule has 2 rings (SSSR count). The average molecular weight is 170 g/mol. The first-order valence-corrected chi connectivity index (χ1v) is 4.79. The maximum atomic E-state index is 5.41. The van der Waals surface area contributed by atoms with Crippen molar-refractivity contribution in [2.75, 3.05) is 33.3 Å². The van der Waals surface area contributed by atoms with E-state index in [2.05, 4.69) is 17.1 Å². The highest BCUT2D eigenvalue weighted by Crippen LogP contribution is 2.22. The van der Waals surface area contributed by atoms with Gasteiger partial charge in [-0.2, -0.15) is 0 Å². The van der Waals surface area contributed by atoms with Crippen LogP contribution in [0.3, 0.4) is 0 Å². The van der Waals surface area contributed by atoms with Gasteiger partial charge in [-0.05, 0) is 5.92 Å². The van der Waals surface area contributed by atoms with Crippen LogP contribution in [0.25, 0.3) is 0 Å². The van der Waals surface area contributed by atoms with Crippen LogP contribution in [-0.2, 0) is 4.74 Å². The summed E-state index contributed by atoms with van der Waals surface area (Å²) in [5, 5.41) is 3.37. The molecule has 0 spiro atoms. The van der Waals surface area contributed by atoms with Gasteiger partial charge in [0, 0.05) is 39.3 Å². The molecule has 0 radical (unpaired) electrons. The van der Waals surface area contributed by atoms with Crippen LogP contribution in [0, 0.1) is 5.92 Å². The molecule has 2 fully saturated rings. The van der Waals surface area contributed by atoms with Gasteiger partial charge >= 0.3 is 0 Å². The Morgan fingerprint density at radius 1 is 1.33 bits per heavy atom. The summed E-state index contributed by atoms with van der Waals surface area (Å²) in [7, 11) is 1.81. The fourth-order valence-electron chi connectivity index (χ4n) is 2.26. The lowest BCUT2D eigenvalue weighted by atomic mass is 9.98. The van der Waals surface area contributed by atoms with Crippen LogP contribution in [0.5, 0.6) is 0 Å². The number of rotatable bonds is 2. The first-order valence-electron chi connectivity index (χ1n) is 4.79. The van der Waals surface area contributed by atoms with E-state index in [1.165, 1.54) is 13.1 Å². The molecule has 2 saturated heterocycles. The molecule has 1 unspecified atom stereocenters. The minimum Gasteiger partial charge on any atom is -0.378 e. The summed E-state index contributed by atoms with van der Waals surface area (Å²) in [6.07, 6.45) is 0.414. The third-order valence-corrected chi connectivity index (χ3v) is 2.99. The van der Waals surface area contributed by atoms with Crippen LogP contribution in [0.1, 0.15) is 6.92 Å². The molecule has 3 nitrogen and oxygen atoms in total. The second kappa shape index (κ2) is 3.32. The van der Waals surface area contributed by atoms with Crippen molar-refractivity contribution in [1.82, 2.24) is 10.2 Å². The third kappa shape index (κ3) is 1.37. The maximum Gasteiger partial charge on any atom is 0.0862 e. The molecule has 0 aromatic rings. The molecule has 0 aromatic carbocycles. The summed E-state index contributed by atoms with van der Waals surface area (Å²) in [5.74, 6) is 0.892. The van der Waals surface area contributed by atoms with E-state index in [0.717, 1.165) is 19.0 Å². The van der Waals surface area contributed by atoms with E-state index >= 15 is 0 Å². The van der Waals surface area contributed by atoms with E-state index in [0.29, 0.717) is 12.1 Å². The van der Waals surface area contributed by atoms with E-state index < -0.39 is 0 Å². The van der Waals surface area contributed by atoms with Gasteiger partial charge in [0.05, 0.1) is 6.10 Å². The van der Waals surface area contributed by atoms with Gasteiger partial charge in [0.1, 0.15) is 0 Å². The molecule has 2 aliphatic rings. The number of nitrogens with one attached hydrogen (secondary N) is 1. The Morgan fingerprint density at radius 2 is 2.08 bits per heavy atom. The van der Waals surface area contributed by atoms with Crippen molar-refractivity contribution in [2.45, 2.75) is 19.1 Å². The normalized spacial score (nSPS) is 38.5. The zero-order valence-electron chi connectivity index (χ0n) is 7.92. The Balaban J connectivity index is 1.86. The van der Waals surface area contributed by atoms with Crippen LogP contribution in [0.4, 0.5) is 0 Å². The molecule has 2 aliphatic heterocycles.